The number of hydrogen-bond acceptors (Lipinski definition) is 3. The molecule has 0 aliphatic carbocycles. The smallest absolute Gasteiger partial charge is 0.237 e. The second kappa shape index (κ2) is 7.11. The zero-order valence-corrected chi connectivity index (χ0v) is 12.6. The molecule has 4 nitrogen and oxygen atoms in total. The Balaban J connectivity index is 4.11. The molecule has 1 amide bonds. The van der Waals surface area contributed by atoms with Crippen LogP contribution in [0.1, 0.15) is 41.0 Å². The van der Waals surface area contributed by atoms with Gasteiger partial charge >= 0.3 is 0 Å². The van der Waals surface area contributed by atoms with Crippen LogP contribution < -0.4 is 10.6 Å². The largest absolute Gasteiger partial charge is 0.350 e. The Bertz CT molecular complexity index is 280. The molecule has 3 unspecified atom stereocenters. The Kier molecular flexibility index (Phi) is 6.94. The van der Waals surface area contributed by atoms with Crippen molar-refractivity contribution in [3.8, 4) is 0 Å². The standard InChI is InChI=1S/C12H26N2O2S/c1-7-12(4,5)14-11(15)10(3)13-8-9(2)17(6)16/h9-10,13H,7-8H2,1-6H3,(H,14,15). The van der Waals surface area contributed by atoms with Crippen molar-refractivity contribution >= 4 is 16.7 Å². The maximum absolute atomic E-state index is 11.9. The van der Waals surface area contributed by atoms with Crippen molar-refractivity contribution in [2.24, 2.45) is 0 Å². The fourth-order valence-electron chi connectivity index (χ4n) is 1.08. The summed E-state index contributed by atoms with van der Waals surface area (Å²) in [6, 6.07) is -0.258. The molecule has 2 N–H and O–H groups in total. The maximum Gasteiger partial charge on any atom is 0.237 e. The molecule has 3 atom stereocenters. The summed E-state index contributed by atoms with van der Waals surface area (Å²) in [5, 5.41) is 6.15. The molecular formula is C12H26N2O2S. The van der Waals surface area contributed by atoms with Gasteiger partial charge in [-0.05, 0) is 34.1 Å². The minimum Gasteiger partial charge on any atom is -0.350 e. The lowest BCUT2D eigenvalue weighted by Gasteiger charge is -2.27. The van der Waals surface area contributed by atoms with Crippen LogP contribution in [-0.2, 0) is 15.6 Å². The van der Waals surface area contributed by atoms with Crippen LogP contribution in [0.4, 0.5) is 0 Å². The first-order valence-electron chi connectivity index (χ1n) is 6.07. The van der Waals surface area contributed by atoms with E-state index in [1.54, 1.807) is 6.26 Å². The lowest BCUT2D eigenvalue weighted by atomic mass is 10.0. The Morgan fingerprint density at radius 3 is 2.29 bits per heavy atom. The lowest BCUT2D eigenvalue weighted by molar-refractivity contribution is -0.124. The van der Waals surface area contributed by atoms with Crippen LogP contribution >= 0.6 is 0 Å². The molecule has 0 rings (SSSR count). The van der Waals surface area contributed by atoms with Gasteiger partial charge in [0, 0.05) is 34.4 Å². The van der Waals surface area contributed by atoms with Gasteiger partial charge in [-0.2, -0.15) is 0 Å². The molecule has 0 heterocycles. The highest BCUT2D eigenvalue weighted by atomic mass is 32.2. The van der Waals surface area contributed by atoms with E-state index in [0.717, 1.165) is 6.42 Å². The third kappa shape index (κ3) is 6.78. The van der Waals surface area contributed by atoms with Gasteiger partial charge in [-0.3, -0.25) is 9.00 Å². The van der Waals surface area contributed by atoms with Gasteiger partial charge in [-0.25, -0.2) is 0 Å². The lowest BCUT2D eigenvalue weighted by Crippen LogP contribution is -2.51. The zero-order valence-electron chi connectivity index (χ0n) is 11.8. The molecule has 0 aliphatic rings. The van der Waals surface area contributed by atoms with E-state index in [4.69, 9.17) is 0 Å². The molecule has 17 heavy (non-hydrogen) atoms. The van der Waals surface area contributed by atoms with E-state index in [0.29, 0.717) is 6.54 Å². The quantitative estimate of drug-likeness (QED) is 0.720. The molecule has 0 aromatic rings. The van der Waals surface area contributed by atoms with Crippen LogP contribution in [0.2, 0.25) is 0 Å². The molecule has 0 saturated heterocycles. The van der Waals surface area contributed by atoms with E-state index >= 15 is 0 Å². The van der Waals surface area contributed by atoms with Gasteiger partial charge in [0.25, 0.3) is 0 Å². The molecule has 0 fully saturated rings. The number of amides is 1. The average molecular weight is 262 g/mol. The molecule has 0 aliphatic heterocycles. The molecular weight excluding hydrogens is 236 g/mol. The number of carbonyl (C=O) groups excluding carboxylic acids is 1. The molecule has 0 saturated carbocycles. The van der Waals surface area contributed by atoms with E-state index in [1.807, 2.05) is 34.6 Å². The van der Waals surface area contributed by atoms with Crippen molar-refractivity contribution in [1.82, 2.24) is 10.6 Å². The first-order valence-corrected chi connectivity index (χ1v) is 7.69. The predicted octanol–water partition coefficient (Wildman–Crippen LogP) is 1.04. The summed E-state index contributed by atoms with van der Waals surface area (Å²) < 4.78 is 11.2. The monoisotopic (exact) mass is 262 g/mol. The third-order valence-electron chi connectivity index (χ3n) is 3.02. The first-order chi connectivity index (χ1) is 7.69. The minimum absolute atomic E-state index is 0.00839. The number of nitrogens with one attached hydrogen (secondary N) is 2. The Morgan fingerprint density at radius 2 is 1.88 bits per heavy atom. The number of rotatable bonds is 7. The van der Waals surface area contributed by atoms with Gasteiger partial charge in [0.2, 0.25) is 5.91 Å². The Labute approximate surface area is 107 Å². The van der Waals surface area contributed by atoms with E-state index in [1.165, 1.54) is 0 Å². The van der Waals surface area contributed by atoms with E-state index in [-0.39, 0.29) is 22.7 Å². The number of hydrogen-bond donors (Lipinski definition) is 2. The summed E-state index contributed by atoms with van der Waals surface area (Å²) in [7, 11) is -0.855. The molecule has 0 radical (unpaired) electrons. The second-order valence-corrected chi connectivity index (χ2v) is 6.97. The van der Waals surface area contributed by atoms with Crippen molar-refractivity contribution in [3.63, 3.8) is 0 Å². The molecule has 0 spiro atoms. The highest BCUT2D eigenvalue weighted by Gasteiger charge is 2.21. The Hall–Kier alpha value is -0.420. The first kappa shape index (κ1) is 16.6. The van der Waals surface area contributed by atoms with Gasteiger partial charge in [0.1, 0.15) is 0 Å². The highest BCUT2D eigenvalue weighted by Crippen LogP contribution is 2.07. The molecule has 102 valence electrons. The third-order valence-corrected chi connectivity index (χ3v) is 4.32. The topological polar surface area (TPSA) is 58.2 Å². The van der Waals surface area contributed by atoms with Gasteiger partial charge in [0.15, 0.2) is 0 Å². The fourth-order valence-corrected chi connectivity index (χ4v) is 1.41. The Morgan fingerprint density at radius 1 is 1.35 bits per heavy atom. The van der Waals surface area contributed by atoms with Crippen molar-refractivity contribution < 1.29 is 9.00 Å². The van der Waals surface area contributed by atoms with Crippen LogP contribution in [0.3, 0.4) is 0 Å². The van der Waals surface area contributed by atoms with Crippen LogP contribution in [0.25, 0.3) is 0 Å². The summed E-state index contributed by atoms with van der Waals surface area (Å²) >= 11 is 0. The summed E-state index contributed by atoms with van der Waals surface area (Å²) in [5.74, 6) is -0.00839. The van der Waals surface area contributed by atoms with E-state index in [9.17, 15) is 9.00 Å². The van der Waals surface area contributed by atoms with Crippen LogP contribution in [0, 0.1) is 0 Å². The average Bonchev–Trinajstić information content (AvgIpc) is 2.24. The summed E-state index contributed by atoms with van der Waals surface area (Å²) in [4.78, 5) is 11.9. The highest BCUT2D eigenvalue weighted by molar-refractivity contribution is 7.84. The van der Waals surface area contributed by atoms with Gasteiger partial charge < -0.3 is 10.6 Å². The fraction of sp³-hybridized carbons (Fsp3) is 0.917. The van der Waals surface area contributed by atoms with Gasteiger partial charge in [-0.1, -0.05) is 6.92 Å². The molecule has 5 heteroatoms. The van der Waals surface area contributed by atoms with Crippen LogP contribution in [0.15, 0.2) is 0 Å². The minimum atomic E-state index is -0.855. The van der Waals surface area contributed by atoms with Gasteiger partial charge in [-0.15, -0.1) is 0 Å². The summed E-state index contributed by atoms with van der Waals surface area (Å²) in [6.07, 6.45) is 2.57. The second-order valence-electron chi connectivity index (χ2n) is 5.17. The van der Waals surface area contributed by atoms with Crippen molar-refractivity contribution in [3.05, 3.63) is 0 Å². The van der Waals surface area contributed by atoms with E-state index < -0.39 is 10.8 Å². The predicted molar refractivity (Wildman–Crippen MR) is 73.5 cm³/mol. The zero-order chi connectivity index (χ0) is 13.6. The van der Waals surface area contributed by atoms with Crippen LogP contribution in [0.5, 0.6) is 0 Å². The number of carbonyl (C=O) groups is 1. The summed E-state index contributed by atoms with van der Waals surface area (Å²) in [6.45, 7) is 10.4. The van der Waals surface area contributed by atoms with Gasteiger partial charge in [0.05, 0.1) is 6.04 Å². The van der Waals surface area contributed by atoms with Crippen LogP contribution in [-0.4, -0.2) is 39.7 Å². The van der Waals surface area contributed by atoms with Crippen molar-refractivity contribution in [2.75, 3.05) is 12.8 Å². The summed E-state index contributed by atoms with van der Waals surface area (Å²) in [5.41, 5.74) is -0.174. The molecule has 0 aromatic carbocycles. The normalized spacial score (nSPS) is 17.3. The SMILES string of the molecule is CCC(C)(C)NC(=O)C(C)NCC(C)S(C)=O. The molecule has 0 bridgehead atoms. The van der Waals surface area contributed by atoms with E-state index in [2.05, 4.69) is 10.6 Å². The maximum atomic E-state index is 11.9. The molecule has 0 aromatic heterocycles. The van der Waals surface area contributed by atoms with Crippen molar-refractivity contribution in [1.29, 1.82) is 0 Å². The van der Waals surface area contributed by atoms with Crippen molar-refractivity contribution in [2.45, 2.75) is 57.9 Å².